The lowest BCUT2D eigenvalue weighted by atomic mass is 9.84. The van der Waals surface area contributed by atoms with E-state index >= 15 is 0 Å². The molecule has 2 unspecified atom stereocenters. The maximum absolute atomic E-state index is 13.3. The second kappa shape index (κ2) is 9.04. The lowest BCUT2D eigenvalue weighted by Gasteiger charge is -2.42. The molecule has 0 aliphatic carbocycles. The Hall–Kier alpha value is -3.49. The van der Waals surface area contributed by atoms with Crippen LogP contribution in [0.4, 0.5) is 5.69 Å². The van der Waals surface area contributed by atoms with E-state index in [0.717, 1.165) is 17.7 Å². The molecule has 2 aliphatic heterocycles. The molecule has 2 aliphatic rings. The standard InChI is InChI=1S/C26H25N3O4S/c30-25(14-9-19-5-2-1-3-6-19)27-22-10-12-23(13-11-22)34(32,33)28-16-20-15-21(18-28)24-7-4-8-26(31)29(24)17-20/h1-14,20-21H,15-18H2,(H,27,30)/b14-9-. The summed E-state index contributed by atoms with van der Waals surface area (Å²) in [5.74, 6) is -0.181. The molecule has 0 radical (unpaired) electrons. The molecule has 1 fully saturated rings. The number of amides is 1. The van der Waals surface area contributed by atoms with E-state index < -0.39 is 10.0 Å². The molecule has 8 heteroatoms. The number of hydrogen-bond donors (Lipinski definition) is 1. The van der Waals surface area contributed by atoms with Gasteiger partial charge in [-0.3, -0.25) is 9.59 Å². The third-order valence-electron chi connectivity index (χ3n) is 6.43. The number of rotatable bonds is 5. The van der Waals surface area contributed by atoms with E-state index in [1.165, 1.54) is 22.5 Å². The van der Waals surface area contributed by atoms with Gasteiger partial charge in [-0.2, -0.15) is 4.31 Å². The van der Waals surface area contributed by atoms with Gasteiger partial charge >= 0.3 is 0 Å². The number of nitrogens with zero attached hydrogens (tertiary/aromatic N) is 2. The van der Waals surface area contributed by atoms with Crippen molar-refractivity contribution in [3.63, 3.8) is 0 Å². The molecule has 1 amide bonds. The third-order valence-corrected chi connectivity index (χ3v) is 8.28. The highest BCUT2D eigenvalue weighted by Gasteiger charge is 2.39. The summed E-state index contributed by atoms with van der Waals surface area (Å²) in [6.07, 6.45) is 4.04. The first-order valence-corrected chi connectivity index (χ1v) is 12.7. The van der Waals surface area contributed by atoms with E-state index in [2.05, 4.69) is 5.32 Å². The van der Waals surface area contributed by atoms with Crippen molar-refractivity contribution >= 4 is 27.7 Å². The van der Waals surface area contributed by atoms with Crippen molar-refractivity contribution in [2.24, 2.45) is 5.92 Å². The molecule has 0 spiro atoms. The molecule has 174 valence electrons. The molecule has 2 aromatic carbocycles. The summed E-state index contributed by atoms with van der Waals surface area (Å²) in [6, 6.07) is 20.9. The monoisotopic (exact) mass is 475 g/mol. The lowest BCUT2D eigenvalue weighted by molar-refractivity contribution is -0.111. The van der Waals surface area contributed by atoms with Crippen LogP contribution in [0, 0.1) is 5.92 Å². The highest BCUT2D eigenvalue weighted by atomic mass is 32.2. The predicted molar refractivity (Wildman–Crippen MR) is 131 cm³/mol. The van der Waals surface area contributed by atoms with Gasteiger partial charge in [-0.1, -0.05) is 36.4 Å². The third kappa shape index (κ3) is 4.47. The van der Waals surface area contributed by atoms with Crippen LogP contribution in [0.3, 0.4) is 0 Å². The second-order valence-corrected chi connectivity index (χ2v) is 10.7. The summed E-state index contributed by atoms with van der Waals surface area (Å²) in [7, 11) is -3.69. The Labute approximate surface area is 198 Å². The summed E-state index contributed by atoms with van der Waals surface area (Å²) < 4.78 is 30.0. The van der Waals surface area contributed by atoms with Gasteiger partial charge in [-0.05, 0) is 54.3 Å². The molecule has 0 saturated carbocycles. The van der Waals surface area contributed by atoms with E-state index in [0.29, 0.717) is 25.3 Å². The summed E-state index contributed by atoms with van der Waals surface area (Å²) >= 11 is 0. The minimum Gasteiger partial charge on any atom is -0.323 e. The van der Waals surface area contributed by atoms with Gasteiger partial charge in [0.15, 0.2) is 0 Å². The fraction of sp³-hybridized carbons (Fsp3) is 0.231. The van der Waals surface area contributed by atoms with Gasteiger partial charge < -0.3 is 9.88 Å². The summed E-state index contributed by atoms with van der Waals surface area (Å²) in [5.41, 5.74) is 2.31. The number of piperidine rings is 1. The van der Waals surface area contributed by atoms with Gasteiger partial charge in [0.05, 0.1) is 4.90 Å². The number of anilines is 1. The number of aromatic nitrogens is 1. The van der Waals surface area contributed by atoms with E-state index in [1.54, 1.807) is 34.9 Å². The first-order chi connectivity index (χ1) is 16.4. The molecule has 2 bridgehead atoms. The zero-order chi connectivity index (χ0) is 23.7. The fourth-order valence-electron chi connectivity index (χ4n) is 4.83. The van der Waals surface area contributed by atoms with Gasteiger partial charge in [0.1, 0.15) is 0 Å². The van der Waals surface area contributed by atoms with Gasteiger partial charge in [0.2, 0.25) is 15.9 Å². The normalized spacial score (nSPS) is 20.1. The molecule has 5 rings (SSSR count). The Morgan fingerprint density at radius 1 is 0.912 bits per heavy atom. The van der Waals surface area contributed by atoms with Gasteiger partial charge in [0.25, 0.3) is 5.56 Å². The number of pyridine rings is 1. The van der Waals surface area contributed by atoms with Crippen molar-refractivity contribution in [3.05, 3.63) is 100 Å². The smallest absolute Gasteiger partial charge is 0.250 e. The Morgan fingerprint density at radius 3 is 2.44 bits per heavy atom. The van der Waals surface area contributed by atoms with Crippen molar-refractivity contribution in [2.45, 2.75) is 23.8 Å². The Bertz CT molecular complexity index is 1400. The average molecular weight is 476 g/mol. The molecule has 3 heterocycles. The predicted octanol–water partition coefficient (Wildman–Crippen LogP) is 3.31. The number of hydrogen-bond acceptors (Lipinski definition) is 4. The first kappa shape index (κ1) is 22.3. The van der Waals surface area contributed by atoms with E-state index in [9.17, 15) is 18.0 Å². The van der Waals surface area contributed by atoms with Crippen LogP contribution in [0.15, 0.2) is 88.6 Å². The molecule has 7 nitrogen and oxygen atoms in total. The molecular weight excluding hydrogens is 450 g/mol. The van der Waals surface area contributed by atoms with E-state index in [-0.39, 0.29) is 28.2 Å². The molecule has 2 atom stereocenters. The lowest BCUT2D eigenvalue weighted by Crippen LogP contribution is -2.48. The van der Waals surface area contributed by atoms with Gasteiger partial charge in [0, 0.05) is 49.1 Å². The van der Waals surface area contributed by atoms with Crippen LogP contribution < -0.4 is 10.9 Å². The highest BCUT2D eigenvalue weighted by molar-refractivity contribution is 7.89. The van der Waals surface area contributed by atoms with Crippen LogP contribution >= 0.6 is 0 Å². The second-order valence-electron chi connectivity index (χ2n) is 8.78. The maximum atomic E-state index is 13.3. The molecule has 1 aromatic heterocycles. The number of sulfonamides is 1. The zero-order valence-electron chi connectivity index (χ0n) is 18.5. The summed E-state index contributed by atoms with van der Waals surface area (Å²) in [4.78, 5) is 24.6. The zero-order valence-corrected chi connectivity index (χ0v) is 19.3. The van der Waals surface area contributed by atoms with Crippen molar-refractivity contribution < 1.29 is 13.2 Å². The largest absolute Gasteiger partial charge is 0.323 e. The summed E-state index contributed by atoms with van der Waals surface area (Å²) in [6.45, 7) is 1.28. The quantitative estimate of drug-likeness (QED) is 0.574. The van der Waals surface area contributed by atoms with Gasteiger partial charge in [-0.25, -0.2) is 8.42 Å². The van der Waals surface area contributed by atoms with E-state index in [1.807, 2.05) is 36.4 Å². The minimum atomic E-state index is -3.69. The highest BCUT2D eigenvalue weighted by Crippen LogP contribution is 2.37. The fourth-order valence-corrected chi connectivity index (χ4v) is 6.39. The van der Waals surface area contributed by atoms with Gasteiger partial charge in [-0.15, -0.1) is 0 Å². The number of carbonyl (C=O) groups excluding carboxylic acids is 1. The van der Waals surface area contributed by atoms with Crippen molar-refractivity contribution in [1.29, 1.82) is 0 Å². The van der Waals surface area contributed by atoms with Crippen molar-refractivity contribution in [2.75, 3.05) is 18.4 Å². The van der Waals surface area contributed by atoms with Crippen LogP contribution in [0.5, 0.6) is 0 Å². The average Bonchev–Trinajstić information content (AvgIpc) is 2.84. The van der Waals surface area contributed by atoms with Crippen LogP contribution in [-0.2, 0) is 21.4 Å². The first-order valence-electron chi connectivity index (χ1n) is 11.2. The number of fused-ring (bicyclic) bond motifs is 4. The number of benzene rings is 2. The van der Waals surface area contributed by atoms with Crippen molar-refractivity contribution in [3.8, 4) is 0 Å². The molecular formula is C26H25N3O4S. The Kier molecular flexibility index (Phi) is 5.93. The number of carbonyl (C=O) groups is 1. The van der Waals surface area contributed by atoms with Crippen LogP contribution in [0.2, 0.25) is 0 Å². The molecule has 1 saturated heterocycles. The molecule has 1 N–H and O–H groups in total. The summed E-state index contributed by atoms with van der Waals surface area (Å²) in [5, 5.41) is 2.75. The van der Waals surface area contributed by atoms with E-state index in [4.69, 9.17) is 0 Å². The maximum Gasteiger partial charge on any atom is 0.250 e. The minimum absolute atomic E-state index is 0.00568. The molecule has 34 heavy (non-hydrogen) atoms. The van der Waals surface area contributed by atoms with Crippen LogP contribution in [0.1, 0.15) is 23.6 Å². The number of nitrogens with one attached hydrogen (secondary N) is 1. The molecule has 3 aromatic rings. The Balaban J connectivity index is 1.28. The SMILES string of the molecule is O=C(/C=C\c1ccccc1)Nc1ccc(S(=O)(=O)N2CC3CC(C2)c2cccc(=O)n2C3)cc1. The topological polar surface area (TPSA) is 88.5 Å². The van der Waals surface area contributed by atoms with Crippen LogP contribution in [0.25, 0.3) is 6.08 Å². The van der Waals surface area contributed by atoms with Crippen LogP contribution in [-0.4, -0.2) is 36.3 Å². The van der Waals surface area contributed by atoms with Crippen molar-refractivity contribution in [1.82, 2.24) is 8.87 Å². The Morgan fingerprint density at radius 2 is 1.68 bits per heavy atom.